The number of hydrogen-bond donors (Lipinski definition) is 3. The van der Waals surface area contributed by atoms with Crippen LogP contribution in [0, 0.1) is 13.8 Å². The van der Waals surface area contributed by atoms with Crippen LogP contribution in [0.25, 0.3) is 10.9 Å². The van der Waals surface area contributed by atoms with Gasteiger partial charge in [-0.25, -0.2) is 4.68 Å². The minimum Gasteiger partial charge on any atom is -0.320 e. The van der Waals surface area contributed by atoms with Gasteiger partial charge in [-0.05, 0) is 67.4 Å². The number of fused-ring (bicyclic) bond motifs is 1. The number of aromatic nitrogens is 1. The van der Waals surface area contributed by atoms with E-state index in [2.05, 4.69) is 16.1 Å². The van der Waals surface area contributed by atoms with Gasteiger partial charge in [0.25, 0.3) is 5.91 Å². The van der Waals surface area contributed by atoms with E-state index < -0.39 is 29.5 Å². The van der Waals surface area contributed by atoms with E-state index in [1.54, 1.807) is 18.2 Å². The summed E-state index contributed by atoms with van der Waals surface area (Å²) in [6, 6.07) is 15.6. The Balaban J connectivity index is 1.63. The van der Waals surface area contributed by atoms with E-state index >= 15 is 0 Å². The summed E-state index contributed by atoms with van der Waals surface area (Å²) >= 11 is 6.08. The molecule has 0 atom stereocenters. The second-order valence-corrected chi connectivity index (χ2v) is 8.70. The summed E-state index contributed by atoms with van der Waals surface area (Å²) in [7, 11) is 0. The maximum absolute atomic E-state index is 13.2. The zero-order valence-corrected chi connectivity index (χ0v) is 20.3. The van der Waals surface area contributed by atoms with Gasteiger partial charge in [0.05, 0.1) is 11.1 Å². The van der Waals surface area contributed by atoms with E-state index in [1.807, 2.05) is 32.0 Å². The van der Waals surface area contributed by atoms with Gasteiger partial charge in [-0.2, -0.15) is 13.2 Å². The van der Waals surface area contributed by atoms with Crippen molar-refractivity contribution in [2.24, 2.45) is 0 Å². The maximum Gasteiger partial charge on any atom is 0.416 e. The molecule has 0 aliphatic carbocycles. The highest BCUT2D eigenvalue weighted by Crippen LogP contribution is 2.31. The minimum absolute atomic E-state index is 0.000128. The van der Waals surface area contributed by atoms with Crippen molar-refractivity contribution in [3.8, 4) is 0 Å². The van der Waals surface area contributed by atoms with E-state index in [9.17, 15) is 27.6 Å². The number of benzene rings is 3. The molecule has 0 radical (unpaired) electrons. The smallest absolute Gasteiger partial charge is 0.320 e. The van der Waals surface area contributed by atoms with Crippen molar-refractivity contribution in [1.29, 1.82) is 0 Å². The molecular weight excluding hydrogens is 509 g/mol. The number of aryl methyl sites for hydroxylation is 2. The molecule has 0 fully saturated rings. The van der Waals surface area contributed by atoms with Crippen LogP contribution in [0.5, 0.6) is 0 Å². The molecule has 11 heteroatoms. The van der Waals surface area contributed by atoms with Crippen LogP contribution < -0.4 is 16.1 Å². The predicted molar refractivity (Wildman–Crippen MR) is 135 cm³/mol. The number of hydrogen-bond acceptors (Lipinski definition) is 3. The lowest BCUT2D eigenvalue weighted by atomic mass is 10.1. The number of halogens is 4. The molecule has 0 saturated heterocycles. The van der Waals surface area contributed by atoms with Gasteiger partial charge < -0.3 is 10.6 Å². The second kappa shape index (κ2) is 9.98. The van der Waals surface area contributed by atoms with Crippen LogP contribution in [-0.2, 0) is 15.8 Å². The summed E-state index contributed by atoms with van der Waals surface area (Å²) in [5.41, 5.74) is 3.77. The zero-order valence-electron chi connectivity index (χ0n) is 19.5. The Morgan fingerprint density at radius 2 is 1.51 bits per heavy atom. The molecule has 3 aromatic carbocycles. The fourth-order valence-corrected chi connectivity index (χ4v) is 3.96. The van der Waals surface area contributed by atoms with Crippen LogP contribution >= 0.6 is 11.6 Å². The van der Waals surface area contributed by atoms with E-state index in [0.717, 1.165) is 27.9 Å². The maximum atomic E-state index is 13.2. The molecule has 1 aromatic heterocycles. The summed E-state index contributed by atoms with van der Waals surface area (Å²) in [5, 5.41) is 5.86. The summed E-state index contributed by atoms with van der Waals surface area (Å²) < 4.78 is 40.1. The lowest BCUT2D eigenvalue weighted by molar-refractivity contribution is -0.137. The molecule has 1 heterocycles. The Bertz CT molecular complexity index is 1530. The lowest BCUT2D eigenvalue weighted by Crippen LogP contribution is -2.36. The highest BCUT2D eigenvalue weighted by molar-refractivity contribution is 6.42. The molecule has 0 aliphatic heterocycles. The Labute approximate surface area is 214 Å². The van der Waals surface area contributed by atoms with Gasteiger partial charge in [0.2, 0.25) is 0 Å². The quantitative estimate of drug-likeness (QED) is 0.288. The van der Waals surface area contributed by atoms with Gasteiger partial charge in [-0.1, -0.05) is 35.9 Å². The summed E-state index contributed by atoms with van der Waals surface area (Å²) in [5.74, 6) is -2.99. The normalized spacial score (nSPS) is 11.3. The van der Waals surface area contributed by atoms with Crippen LogP contribution in [0.15, 0.2) is 66.7 Å². The minimum atomic E-state index is -4.62. The van der Waals surface area contributed by atoms with Crippen molar-refractivity contribution in [3.05, 3.63) is 94.1 Å². The third-order valence-corrected chi connectivity index (χ3v) is 5.82. The molecule has 190 valence electrons. The van der Waals surface area contributed by atoms with Crippen molar-refractivity contribution >= 4 is 51.6 Å². The fraction of sp³-hybridized carbons (Fsp3) is 0.115. The molecule has 0 spiro atoms. The van der Waals surface area contributed by atoms with Gasteiger partial charge in [0, 0.05) is 21.8 Å². The highest BCUT2D eigenvalue weighted by Gasteiger charge is 2.31. The van der Waals surface area contributed by atoms with Crippen molar-refractivity contribution < 1.29 is 27.6 Å². The number of carbonyl (C=O) groups is 3. The number of para-hydroxylation sites is 1. The molecule has 0 bridgehead atoms. The molecule has 4 aromatic rings. The van der Waals surface area contributed by atoms with Crippen LogP contribution in [0.2, 0.25) is 5.02 Å². The average Bonchev–Trinajstić information content (AvgIpc) is 3.18. The Morgan fingerprint density at radius 3 is 2.19 bits per heavy atom. The Morgan fingerprint density at radius 1 is 0.838 bits per heavy atom. The molecule has 7 nitrogen and oxygen atoms in total. The topological polar surface area (TPSA) is 92.2 Å². The molecule has 0 unspecified atom stereocenters. The number of nitrogens with zero attached hydrogens (tertiary/aromatic N) is 1. The van der Waals surface area contributed by atoms with Crippen LogP contribution in [0.3, 0.4) is 0 Å². The summed E-state index contributed by atoms with van der Waals surface area (Å²) in [6.07, 6.45) is -4.62. The fourth-order valence-electron chi connectivity index (χ4n) is 3.78. The van der Waals surface area contributed by atoms with Crippen LogP contribution in [-0.4, -0.2) is 22.4 Å². The molecular formula is C26H20ClF3N4O3. The van der Waals surface area contributed by atoms with Gasteiger partial charge in [0.1, 0.15) is 5.69 Å². The molecule has 3 amide bonds. The third-order valence-electron chi connectivity index (χ3n) is 5.58. The molecule has 3 N–H and O–H groups in total. The molecule has 4 rings (SSSR count). The first-order chi connectivity index (χ1) is 17.4. The van der Waals surface area contributed by atoms with Gasteiger partial charge in [-0.15, -0.1) is 0 Å². The number of nitrogens with one attached hydrogen (secondary N) is 3. The largest absolute Gasteiger partial charge is 0.416 e. The monoisotopic (exact) mass is 528 g/mol. The van der Waals surface area contributed by atoms with Crippen LogP contribution in [0.1, 0.15) is 27.2 Å². The summed E-state index contributed by atoms with van der Waals surface area (Å²) in [6.45, 7) is 3.66. The standard InChI is InChI=1S/C26H20ClF3N4O3/c1-14-5-3-6-15(2)22(14)32-23(35)21-12-16-11-18(27)9-10-20(16)34(21)33-25(37)24(36)31-19-8-4-7-17(13-19)26(28,29)30/h3-13H,1-2H3,(H,31,36)(H,32,35)(H,33,37). The Kier molecular flexibility index (Phi) is 6.95. The van der Waals surface area contributed by atoms with Crippen molar-refractivity contribution in [1.82, 2.24) is 4.68 Å². The van der Waals surface area contributed by atoms with Crippen molar-refractivity contribution in [2.45, 2.75) is 20.0 Å². The van der Waals surface area contributed by atoms with Gasteiger partial charge >= 0.3 is 18.0 Å². The Hall–Kier alpha value is -4.31. The van der Waals surface area contributed by atoms with E-state index in [4.69, 9.17) is 11.6 Å². The molecule has 37 heavy (non-hydrogen) atoms. The van der Waals surface area contributed by atoms with Crippen molar-refractivity contribution in [2.75, 3.05) is 16.1 Å². The SMILES string of the molecule is Cc1cccc(C)c1NC(=O)c1cc2cc(Cl)ccc2n1NC(=O)C(=O)Nc1cccc(C(F)(F)F)c1. The van der Waals surface area contributed by atoms with Crippen LogP contribution in [0.4, 0.5) is 24.5 Å². The van der Waals surface area contributed by atoms with E-state index in [0.29, 0.717) is 27.7 Å². The van der Waals surface area contributed by atoms with E-state index in [-0.39, 0.29) is 11.4 Å². The zero-order chi connectivity index (χ0) is 26.9. The first kappa shape index (κ1) is 25.8. The third kappa shape index (κ3) is 5.59. The highest BCUT2D eigenvalue weighted by atomic mass is 35.5. The number of anilines is 2. The lowest BCUT2D eigenvalue weighted by Gasteiger charge is -2.15. The number of carbonyl (C=O) groups excluding carboxylic acids is 3. The van der Waals surface area contributed by atoms with Crippen molar-refractivity contribution in [3.63, 3.8) is 0 Å². The first-order valence-corrected chi connectivity index (χ1v) is 11.3. The number of amides is 3. The first-order valence-electron chi connectivity index (χ1n) is 10.9. The number of rotatable bonds is 4. The molecule has 0 saturated carbocycles. The van der Waals surface area contributed by atoms with Gasteiger partial charge in [0.15, 0.2) is 0 Å². The number of alkyl halides is 3. The summed E-state index contributed by atoms with van der Waals surface area (Å²) in [4.78, 5) is 38.5. The van der Waals surface area contributed by atoms with E-state index in [1.165, 1.54) is 12.1 Å². The van der Waals surface area contributed by atoms with Gasteiger partial charge in [-0.3, -0.25) is 19.8 Å². The average molecular weight is 529 g/mol. The second-order valence-electron chi connectivity index (χ2n) is 8.26. The predicted octanol–water partition coefficient (Wildman–Crippen LogP) is 5.89. The molecule has 0 aliphatic rings.